The Labute approximate surface area is 265 Å². The Kier molecular flexibility index (Phi) is 13.5. The number of rotatable bonds is 2. The van der Waals surface area contributed by atoms with Crippen LogP contribution in [0.15, 0.2) is 77.3 Å². The summed E-state index contributed by atoms with van der Waals surface area (Å²) >= 11 is 3.43. The first-order valence-corrected chi connectivity index (χ1v) is 13.3. The van der Waals surface area contributed by atoms with E-state index < -0.39 is 23.4 Å². The van der Waals surface area contributed by atoms with E-state index in [-0.39, 0.29) is 17.1 Å². The smallest absolute Gasteiger partial charge is 0.512 e. The van der Waals surface area contributed by atoms with Crippen LogP contribution in [0, 0.1) is 18.4 Å². The van der Waals surface area contributed by atoms with E-state index in [2.05, 4.69) is 31.4 Å². The van der Waals surface area contributed by atoms with Crippen molar-refractivity contribution in [2.75, 3.05) is 10.6 Å². The van der Waals surface area contributed by atoms with Gasteiger partial charge in [0.1, 0.15) is 11.2 Å². The van der Waals surface area contributed by atoms with E-state index in [1.165, 1.54) is 0 Å². The molecule has 0 saturated heterocycles. The molecule has 2 amide bonds. The van der Waals surface area contributed by atoms with Crippen LogP contribution in [0.3, 0.4) is 0 Å². The van der Waals surface area contributed by atoms with Gasteiger partial charge in [0.25, 0.3) is 0 Å². The van der Waals surface area contributed by atoms with Crippen molar-refractivity contribution < 1.29 is 36.1 Å². The number of carbonyl (C=O) groups is 2. The first kappa shape index (κ1) is 35.9. The summed E-state index contributed by atoms with van der Waals surface area (Å²) in [6, 6.07) is 22.7. The minimum absolute atomic E-state index is 0. The number of benzene rings is 4. The van der Waals surface area contributed by atoms with Crippen molar-refractivity contribution >= 4 is 66.7 Å². The van der Waals surface area contributed by atoms with Gasteiger partial charge in [0.05, 0.1) is 6.57 Å². The van der Waals surface area contributed by atoms with Crippen LogP contribution in [0.5, 0.6) is 0 Å². The largest absolute Gasteiger partial charge is 1.00 e. The minimum atomic E-state index is -0.522. The number of anilines is 2. The van der Waals surface area contributed by atoms with E-state index in [1.54, 1.807) is 12.1 Å². The van der Waals surface area contributed by atoms with Crippen LogP contribution in [0.25, 0.3) is 26.4 Å². The standard InChI is InChI=1S/C16H16N2O2.C15H16BrNO2.CN.Cu/c1-16(2,3)20-15(19)18-14-8-6-11-9-13(17-4)7-5-12(11)10-14;1-15(2,3)19-14(18)17-13-7-5-10-8-12(16)6-4-11(10)9-13;1-2;/h5-10H,1-3H3,(H,18,19);4-9H,1-3H3,(H,17,18);;/q;;-1;+1. The van der Waals surface area contributed by atoms with Crippen molar-refractivity contribution in [1.82, 2.24) is 0 Å². The van der Waals surface area contributed by atoms with Gasteiger partial charge in [-0.05, 0) is 106 Å². The summed E-state index contributed by atoms with van der Waals surface area (Å²) < 4.78 is 11.5. The van der Waals surface area contributed by atoms with Gasteiger partial charge >= 0.3 is 29.3 Å². The maximum atomic E-state index is 11.7. The predicted molar refractivity (Wildman–Crippen MR) is 167 cm³/mol. The molecule has 0 fully saturated rings. The van der Waals surface area contributed by atoms with Crippen LogP contribution in [-0.2, 0) is 26.5 Å². The average molecular weight is 680 g/mol. The monoisotopic (exact) mass is 678 g/mol. The molecule has 10 heteroatoms. The van der Waals surface area contributed by atoms with Gasteiger partial charge in [-0.15, -0.1) is 0 Å². The summed E-state index contributed by atoms with van der Waals surface area (Å²) in [5.41, 5.74) is 0.980. The molecule has 0 bridgehead atoms. The van der Waals surface area contributed by atoms with Gasteiger partial charge in [0.15, 0.2) is 5.69 Å². The van der Waals surface area contributed by atoms with Gasteiger partial charge < -0.3 is 21.3 Å². The average Bonchev–Trinajstić information content (AvgIpc) is 2.88. The zero-order valence-corrected chi connectivity index (χ0v) is 26.7. The van der Waals surface area contributed by atoms with Gasteiger partial charge in [-0.2, -0.15) is 0 Å². The van der Waals surface area contributed by atoms with Gasteiger partial charge in [-0.3, -0.25) is 10.6 Å². The number of nitrogens with one attached hydrogen (secondary N) is 2. The molecule has 0 saturated carbocycles. The minimum Gasteiger partial charge on any atom is -0.512 e. The number of hydrogen-bond donors (Lipinski definition) is 2. The summed E-state index contributed by atoms with van der Waals surface area (Å²) in [5, 5.41) is 15.8. The Morgan fingerprint density at radius 1 is 0.690 bits per heavy atom. The fourth-order valence-corrected chi connectivity index (χ4v) is 3.90. The van der Waals surface area contributed by atoms with E-state index in [4.69, 9.17) is 27.9 Å². The summed E-state index contributed by atoms with van der Waals surface area (Å²) in [6.45, 7) is 22.7. The Hall–Kier alpha value is -4.08. The van der Waals surface area contributed by atoms with Crippen LogP contribution in [0.2, 0.25) is 0 Å². The summed E-state index contributed by atoms with van der Waals surface area (Å²) in [6.07, 6.45) is -0.918. The second kappa shape index (κ2) is 15.8. The number of halogens is 1. The van der Waals surface area contributed by atoms with Gasteiger partial charge in [-0.25, -0.2) is 14.4 Å². The molecule has 0 atom stereocenters. The SMILES string of the molecule is CC(C)(C)OC(=O)Nc1ccc2cc(Br)ccc2c1.[C-]#N.[C-]#[N+]c1ccc2cc(NC(=O)OC(C)(C)C)ccc2c1.[Cu+]. The van der Waals surface area contributed by atoms with Gasteiger partial charge in [0, 0.05) is 15.8 Å². The van der Waals surface area contributed by atoms with Crippen LogP contribution >= 0.6 is 15.9 Å². The second-order valence-electron chi connectivity index (χ2n) is 10.8. The maximum Gasteiger partial charge on any atom is 1.00 e. The summed E-state index contributed by atoms with van der Waals surface area (Å²) in [4.78, 5) is 26.8. The van der Waals surface area contributed by atoms with E-state index in [1.807, 2.05) is 102 Å². The molecule has 0 spiro atoms. The summed E-state index contributed by atoms with van der Waals surface area (Å²) in [5.74, 6) is 0. The van der Waals surface area contributed by atoms with E-state index in [0.717, 1.165) is 31.7 Å². The molecule has 4 aromatic rings. The third-order valence-electron chi connectivity index (χ3n) is 5.05. The fraction of sp³-hybridized carbons (Fsp3) is 0.250. The van der Waals surface area contributed by atoms with Crippen molar-refractivity contribution in [3.05, 3.63) is 95.3 Å². The first-order chi connectivity index (χ1) is 19.2. The van der Waals surface area contributed by atoms with Crippen molar-refractivity contribution in [2.24, 2.45) is 0 Å². The molecule has 0 aliphatic carbocycles. The topological polar surface area (TPSA) is 105 Å². The van der Waals surface area contributed by atoms with Crippen LogP contribution < -0.4 is 10.6 Å². The molecule has 0 aromatic heterocycles. The van der Waals surface area contributed by atoms with Crippen molar-refractivity contribution in [3.8, 4) is 0 Å². The molecule has 42 heavy (non-hydrogen) atoms. The maximum absolute atomic E-state index is 11.7. The molecular weight excluding hydrogens is 648 g/mol. The Morgan fingerprint density at radius 3 is 1.50 bits per heavy atom. The third-order valence-corrected chi connectivity index (χ3v) is 5.54. The number of carbonyl (C=O) groups excluding carboxylic acids is 2. The van der Waals surface area contributed by atoms with Crippen LogP contribution in [0.4, 0.5) is 26.7 Å². The van der Waals surface area contributed by atoms with E-state index in [9.17, 15) is 9.59 Å². The first-order valence-electron chi connectivity index (χ1n) is 12.5. The number of ether oxygens (including phenoxy) is 2. The van der Waals surface area contributed by atoms with Crippen molar-refractivity contribution in [3.63, 3.8) is 0 Å². The number of amides is 2. The van der Waals surface area contributed by atoms with Crippen molar-refractivity contribution in [1.29, 1.82) is 5.26 Å². The fourth-order valence-electron chi connectivity index (χ4n) is 3.52. The van der Waals surface area contributed by atoms with Gasteiger partial charge in [-0.1, -0.05) is 46.3 Å². The normalized spacial score (nSPS) is 10.4. The molecule has 4 rings (SSSR count). The van der Waals surface area contributed by atoms with Crippen LogP contribution in [0.1, 0.15) is 41.5 Å². The number of nitrogens with zero attached hydrogens (tertiary/aromatic N) is 2. The molecule has 0 aliphatic heterocycles. The molecule has 0 unspecified atom stereocenters. The number of fused-ring (bicyclic) bond motifs is 2. The van der Waals surface area contributed by atoms with E-state index in [0.29, 0.717) is 11.4 Å². The second-order valence-corrected chi connectivity index (χ2v) is 11.7. The molecule has 8 nitrogen and oxygen atoms in total. The molecule has 2 N–H and O–H groups in total. The van der Waals surface area contributed by atoms with E-state index >= 15 is 0 Å². The molecule has 0 aliphatic rings. The predicted octanol–water partition coefficient (Wildman–Crippen LogP) is 9.78. The zero-order chi connectivity index (χ0) is 30.8. The quantitative estimate of drug-likeness (QED) is 0.162. The third kappa shape index (κ3) is 12.2. The summed E-state index contributed by atoms with van der Waals surface area (Å²) in [7, 11) is 0. The Morgan fingerprint density at radius 2 is 1.07 bits per heavy atom. The zero-order valence-electron chi connectivity index (χ0n) is 24.1. The Bertz CT molecular complexity index is 1600. The van der Waals surface area contributed by atoms with Crippen LogP contribution in [-0.4, -0.2) is 23.4 Å². The molecule has 0 heterocycles. The van der Waals surface area contributed by atoms with Crippen molar-refractivity contribution in [2.45, 2.75) is 52.7 Å². The molecule has 222 valence electrons. The molecular formula is C32H32BrCuN4O4. The number of hydrogen-bond acceptors (Lipinski definition) is 5. The molecule has 0 radical (unpaired) electrons. The van der Waals surface area contributed by atoms with Gasteiger partial charge in [0.2, 0.25) is 0 Å². The Balaban J connectivity index is 0.000000388. The molecule has 4 aromatic carbocycles.